The maximum atomic E-state index is 6.22. The van der Waals surface area contributed by atoms with Crippen molar-refractivity contribution < 1.29 is 0 Å². The second-order valence-electron chi connectivity index (χ2n) is 7.98. The van der Waals surface area contributed by atoms with Gasteiger partial charge in [-0.3, -0.25) is 4.90 Å². The lowest BCUT2D eigenvalue weighted by Crippen LogP contribution is -2.47. The topological polar surface area (TPSA) is 32.5 Å². The molecule has 2 bridgehead atoms. The summed E-state index contributed by atoms with van der Waals surface area (Å²) in [6.45, 7) is 7.13. The molecule has 0 aromatic heterocycles. The maximum Gasteiger partial charge on any atom is 0.0223 e. The van der Waals surface area contributed by atoms with Crippen LogP contribution in [0.2, 0.25) is 0 Å². The Morgan fingerprint density at radius 3 is 2.70 bits per heavy atom. The summed E-state index contributed by atoms with van der Waals surface area (Å²) < 4.78 is 0. The molecule has 0 spiro atoms. The summed E-state index contributed by atoms with van der Waals surface area (Å²) in [4.78, 5) is 5.41. The number of nitrogens with zero attached hydrogens (tertiary/aromatic N) is 2. The van der Waals surface area contributed by atoms with Crippen molar-refractivity contribution in [3.8, 4) is 0 Å². The van der Waals surface area contributed by atoms with Gasteiger partial charge in [0.25, 0.3) is 0 Å². The Balaban J connectivity index is 1.64. The molecule has 0 aromatic carbocycles. The monoisotopic (exact) mass is 279 g/mol. The predicted molar refractivity (Wildman–Crippen MR) is 84.7 cm³/mol. The summed E-state index contributed by atoms with van der Waals surface area (Å²) in [6.07, 6.45) is 9.70. The first kappa shape index (κ1) is 14.8. The molecule has 0 radical (unpaired) electrons. The highest BCUT2D eigenvalue weighted by atomic mass is 15.3. The molecular formula is C17H33N3. The highest BCUT2D eigenvalue weighted by Gasteiger charge is 2.39. The van der Waals surface area contributed by atoms with Crippen LogP contribution >= 0.6 is 0 Å². The molecule has 116 valence electrons. The van der Waals surface area contributed by atoms with E-state index in [2.05, 4.69) is 23.8 Å². The molecule has 2 heterocycles. The second-order valence-corrected chi connectivity index (χ2v) is 7.98. The average molecular weight is 279 g/mol. The van der Waals surface area contributed by atoms with Crippen molar-refractivity contribution in [1.29, 1.82) is 0 Å². The third-order valence-electron chi connectivity index (χ3n) is 6.41. The van der Waals surface area contributed by atoms with Gasteiger partial charge in [-0.05, 0) is 63.6 Å². The summed E-state index contributed by atoms with van der Waals surface area (Å²) in [5, 5.41) is 0. The van der Waals surface area contributed by atoms with E-state index < -0.39 is 0 Å². The van der Waals surface area contributed by atoms with Crippen molar-refractivity contribution in [2.24, 2.45) is 17.1 Å². The summed E-state index contributed by atoms with van der Waals surface area (Å²) in [7, 11) is 2.34. The number of fused-ring (bicyclic) bond motifs is 2. The molecule has 3 rings (SSSR count). The molecule has 3 nitrogen and oxygen atoms in total. The molecule has 3 fully saturated rings. The first-order chi connectivity index (χ1) is 9.62. The van der Waals surface area contributed by atoms with Crippen LogP contribution in [0, 0.1) is 11.3 Å². The number of nitrogens with two attached hydrogens (primary N) is 1. The lowest BCUT2D eigenvalue weighted by atomic mass is 9.69. The summed E-state index contributed by atoms with van der Waals surface area (Å²) in [6, 6.07) is 1.66. The second kappa shape index (κ2) is 5.94. The van der Waals surface area contributed by atoms with Crippen LogP contribution in [0.3, 0.4) is 0 Å². The molecule has 3 aliphatic rings. The van der Waals surface area contributed by atoms with Gasteiger partial charge in [0, 0.05) is 25.2 Å². The van der Waals surface area contributed by atoms with E-state index in [1.165, 1.54) is 64.6 Å². The first-order valence-electron chi connectivity index (χ1n) is 8.76. The number of likely N-dealkylation sites (N-methyl/N-ethyl adjacent to an activating group) is 1. The van der Waals surface area contributed by atoms with Gasteiger partial charge in [-0.25, -0.2) is 0 Å². The number of likely N-dealkylation sites (tertiary alicyclic amines) is 1. The molecular weight excluding hydrogens is 246 g/mol. The van der Waals surface area contributed by atoms with Gasteiger partial charge in [0.15, 0.2) is 0 Å². The van der Waals surface area contributed by atoms with Crippen molar-refractivity contribution >= 4 is 0 Å². The predicted octanol–water partition coefficient (Wildman–Crippen LogP) is 2.31. The van der Waals surface area contributed by atoms with Gasteiger partial charge < -0.3 is 10.6 Å². The molecule has 4 unspecified atom stereocenters. The van der Waals surface area contributed by atoms with Crippen molar-refractivity contribution in [2.45, 2.75) is 64.0 Å². The lowest BCUT2D eigenvalue weighted by Gasteiger charge is -2.43. The highest BCUT2D eigenvalue weighted by Crippen LogP contribution is 2.40. The van der Waals surface area contributed by atoms with Crippen LogP contribution in [-0.4, -0.2) is 55.1 Å². The first-order valence-corrected chi connectivity index (χ1v) is 8.76. The Morgan fingerprint density at radius 1 is 1.15 bits per heavy atom. The Kier molecular flexibility index (Phi) is 4.40. The summed E-state index contributed by atoms with van der Waals surface area (Å²) >= 11 is 0. The minimum atomic E-state index is 0.416. The van der Waals surface area contributed by atoms with E-state index in [0.717, 1.165) is 24.5 Å². The van der Waals surface area contributed by atoms with Crippen LogP contribution in [0.5, 0.6) is 0 Å². The van der Waals surface area contributed by atoms with Gasteiger partial charge in [0.2, 0.25) is 0 Å². The van der Waals surface area contributed by atoms with E-state index in [9.17, 15) is 0 Å². The van der Waals surface area contributed by atoms with E-state index in [1.54, 1.807) is 0 Å². The van der Waals surface area contributed by atoms with E-state index in [1.807, 2.05) is 0 Å². The zero-order chi connectivity index (χ0) is 14.2. The van der Waals surface area contributed by atoms with Crippen molar-refractivity contribution in [1.82, 2.24) is 9.80 Å². The molecule has 2 saturated heterocycles. The normalized spacial score (nSPS) is 43.6. The Labute approximate surface area is 124 Å². The third kappa shape index (κ3) is 2.90. The fraction of sp³-hybridized carbons (Fsp3) is 1.00. The molecule has 2 N–H and O–H groups in total. The number of rotatable bonds is 3. The fourth-order valence-corrected chi connectivity index (χ4v) is 5.16. The van der Waals surface area contributed by atoms with Crippen molar-refractivity contribution in [3.63, 3.8) is 0 Å². The van der Waals surface area contributed by atoms with Crippen LogP contribution in [0.1, 0.15) is 51.9 Å². The largest absolute Gasteiger partial charge is 0.330 e. The van der Waals surface area contributed by atoms with E-state index in [0.29, 0.717) is 5.41 Å². The van der Waals surface area contributed by atoms with Gasteiger partial charge in [0.05, 0.1) is 0 Å². The Hall–Kier alpha value is -0.120. The lowest BCUT2D eigenvalue weighted by molar-refractivity contribution is 0.0830. The fourth-order valence-electron chi connectivity index (χ4n) is 5.16. The summed E-state index contributed by atoms with van der Waals surface area (Å²) in [5.74, 6) is 0.874. The van der Waals surface area contributed by atoms with Crippen molar-refractivity contribution in [2.75, 3.05) is 33.2 Å². The molecule has 3 heteroatoms. The number of hydrogen-bond acceptors (Lipinski definition) is 3. The van der Waals surface area contributed by atoms with Crippen molar-refractivity contribution in [3.05, 3.63) is 0 Å². The molecule has 2 aliphatic heterocycles. The van der Waals surface area contributed by atoms with Gasteiger partial charge in [-0.15, -0.1) is 0 Å². The van der Waals surface area contributed by atoms with Crippen LogP contribution in [0.15, 0.2) is 0 Å². The van der Waals surface area contributed by atoms with Crippen LogP contribution in [-0.2, 0) is 0 Å². The zero-order valence-corrected chi connectivity index (χ0v) is 13.5. The quantitative estimate of drug-likeness (QED) is 0.860. The van der Waals surface area contributed by atoms with Gasteiger partial charge in [0.1, 0.15) is 0 Å². The smallest absolute Gasteiger partial charge is 0.0223 e. The molecule has 4 atom stereocenters. The maximum absolute atomic E-state index is 6.22. The Bertz CT molecular complexity index is 332. The standard InChI is InChI=1S/C17H33N3/c1-14-4-3-8-17(10-14,12-18)13-20-9-7-15-5-6-16(11-20)19(15)2/h14-16H,3-13,18H2,1-2H3. The zero-order valence-electron chi connectivity index (χ0n) is 13.5. The van der Waals surface area contributed by atoms with E-state index in [-0.39, 0.29) is 0 Å². The molecule has 1 saturated carbocycles. The van der Waals surface area contributed by atoms with Crippen LogP contribution in [0.4, 0.5) is 0 Å². The van der Waals surface area contributed by atoms with E-state index in [4.69, 9.17) is 5.73 Å². The van der Waals surface area contributed by atoms with Gasteiger partial charge >= 0.3 is 0 Å². The molecule has 1 aliphatic carbocycles. The van der Waals surface area contributed by atoms with Crippen LogP contribution in [0.25, 0.3) is 0 Å². The average Bonchev–Trinajstić information content (AvgIpc) is 2.67. The highest BCUT2D eigenvalue weighted by molar-refractivity contribution is 4.94. The Morgan fingerprint density at radius 2 is 1.95 bits per heavy atom. The SMILES string of the molecule is CC1CCCC(CN)(CN2CCC3CCC(C2)N3C)C1. The van der Waals surface area contributed by atoms with E-state index >= 15 is 0 Å². The molecule has 0 aromatic rings. The molecule has 0 amide bonds. The minimum Gasteiger partial charge on any atom is -0.330 e. The third-order valence-corrected chi connectivity index (χ3v) is 6.41. The van der Waals surface area contributed by atoms with Gasteiger partial charge in [-0.1, -0.05) is 19.8 Å². The van der Waals surface area contributed by atoms with Crippen LogP contribution < -0.4 is 5.73 Å². The molecule has 20 heavy (non-hydrogen) atoms. The van der Waals surface area contributed by atoms with Gasteiger partial charge in [-0.2, -0.15) is 0 Å². The summed E-state index contributed by atoms with van der Waals surface area (Å²) in [5.41, 5.74) is 6.64. The minimum absolute atomic E-state index is 0.416. The number of hydrogen-bond donors (Lipinski definition) is 1.